The van der Waals surface area contributed by atoms with Crippen LogP contribution in [0.2, 0.25) is 0 Å². The summed E-state index contributed by atoms with van der Waals surface area (Å²) in [4.78, 5) is 13.6. The Bertz CT molecular complexity index is 257. The molecule has 2 fully saturated rings. The lowest BCUT2D eigenvalue weighted by atomic mass is 9.84. The molecule has 1 saturated heterocycles. The van der Waals surface area contributed by atoms with Crippen molar-refractivity contribution < 1.29 is 9.90 Å². The average Bonchev–Trinajstić information content (AvgIpc) is 2.62. The van der Waals surface area contributed by atoms with Crippen LogP contribution in [0.4, 0.5) is 0 Å². The van der Waals surface area contributed by atoms with Crippen LogP contribution in [0, 0.1) is 5.92 Å². The van der Waals surface area contributed by atoms with Crippen molar-refractivity contribution in [3.63, 3.8) is 0 Å². The van der Waals surface area contributed by atoms with E-state index in [0.717, 1.165) is 25.8 Å². The van der Waals surface area contributed by atoms with Crippen molar-refractivity contribution in [2.75, 3.05) is 20.2 Å². The third-order valence-electron chi connectivity index (χ3n) is 3.99. The number of carbonyl (C=O) groups excluding carboxylic acids is 1. The van der Waals surface area contributed by atoms with E-state index in [1.165, 1.54) is 12.8 Å². The molecule has 0 aromatic carbocycles. The van der Waals surface area contributed by atoms with Crippen molar-refractivity contribution in [3.05, 3.63) is 0 Å². The molecule has 1 heterocycles. The normalized spacial score (nSPS) is 35.8. The van der Waals surface area contributed by atoms with Crippen LogP contribution >= 0.6 is 0 Å². The van der Waals surface area contributed by atoms with Crippen LogP contribution in [0.3, 0.4) is 0 Å². The van der Waals surface area contributed by atoms with Gasteiger partial charge in [-0.25, -0.2) is 0 Å². The minimum Gasteiger partial charge on any atom is -0.396 e. The SMILES string of the molecule is CN1CC[C@H](N[C@H]2CCCC[C@@H]2CO)C1=O. The van der Waals surface area contributed by atoms with E-state index in [0.29, 0.717) is 12.0 Å². The summed E-state index contributed by atoms with van der Waals surface area (Å²) < 4.78 is 0. The van der Waals surface area contributed by atoms with Crippen LogP contribution in [-0.2, 0) is 4.79 Å². The molecule has 0 radical (unpaired) electrons. The molecular formula is C12H22N2O2. The van der Waals surface area contributed by atoms with Crippen LogP contribution in [0.5, 0.6) is 0 Å². The van der Waals surface area contributed by atoms with Gasteiger partial charge in [-0.2, -0.15) is 0 Å². The molecule has 2 rings (SSSR count). The van der Waals surface area contributed by atoms with Crippen molar-refractivity contribution in [1.82, 2.24) is 10.2 Å². The Morgan fingerprint density at radius 1 is 1.38 bits per heavy atom. The zero-order chi connectivity index (χ0) is 11.5. The lowest BCUT2D eigenvalue weighted by Crippen LogP contribution is -2.48. The number of rotatable bonds is 3. The number of aliphatic hydroxyl groups excluding tert-OH is 1. The Kier molecular flexibility index (Phi) is 3.82. The molecule has 1 amide bonds. The van der Waals surface area contributed by atoms with Gasteiger partial charge in [-0.3, -0.25) is 4.79 Å². The van der Waals surface area contributed by atoms with Gasteiger partial charge in [-0.05, 0) is 25.2 Å². The second kappa shape index (κ2) is 5.15. The van der Waals surface area contributed by atoms with Crippen molar-refractivity contribution in [3.8, 4) is 0 Å². The molecule has 4 nitrogen and oxygen atoms in total. The topological polar surface area (TPSA) is 52.6 Å². The number of amides is 1. The van der Waals surface area contributed by atoms with Gasteiger partial charge >= 0.3 is 0 Å². The predicted octanol–water partition coefficient (Wildman–Crippen LogP) is 0.358. The van der Waals surface area contributed by atoms with Gasteiger partial charge in [0.25, 0.3) is 0 Å². The first-order valence-corrected chi connectivity index (χ1v) is 6.34. The lowest BCUT2D eigenvalue weighted by Gasteiger charge is -2.32. The summed E-state index contributed by atoms with van der Waals surface area (Å²) in [6.07, 6.45) is 5.51. The molecule has 3 atom stereocenters. The molecule has 1 aliphatic heterocycles. The number of carbonyl (C=O) groups is 1. The van der Waals surface area contributed by atoms with E-state index in [2.05, 4.69) is 5.32 Å². The molecule has 0 spiro atoms. The van der Waals surface area contributed by atoms with Gasteiger partial charge in [0.05, 0.1) is 6.04 Å². The summed E-state index contributed by atoms with van der Waals surface area (Å²) in [5, 5.41) is 12.8. The Hall–Kier alpha value is -0.610. The van der Waals surface area contributed by atoms with Crippen LogP contribution in [0.15, 0.2) is 0 Å². The third-order valence-corrected chi connectivity index (χ3v) is 3.99. The Balaban J connectivity index is 1.90. The molecule has 92 valence electrons. The first kappa shape index (κ1) is 11.9. The third kappa shape index (κ3) is 2.38. The van der Waals surface area contributed by atoms with E-state index >= 15 is 0 Å². The molecule has 4 heteroatoms. The number of aliphatic hydroxyl groups is 1. The van der Waals surface area contributed by atoms with Gasteiger partial charge in [0.1, 0.15) is 0 Å². The second-order valence-electron chi connectivity index (χ2n) is 5.10. The molecule has 2 N–H and O–H groups in total. The monoisotopic (exact) mass is 226 g/mol. The maximum Gasteiger partial charge on any atom is 0.239 e. The molecule has 0 aromatic heterocycles. The first-order valence-electron chi connectivity index (χ1n) is 6.34. The van der Waals surface area contributed by atoms with Crippen molar-refractivity contribution in [2.45, 2.75) is 44.2 Å². The summed E-state index contributed by atoms with van der Waals surface area (Å²) in [7, 11) is 1.86. The summed E-state index contributed by atoms with van der Waals surface area (Å²) in [6.45, 7) is 1.10. The summed E-state index contributed by atoms with van der Waals surface area (Å²) in [5.41, 5.74) is 0. The standard InChI is InChI=1S/C12H22N2O2/c1-14-7-6-11(12(14)16)13-10-5-3-2-4-9(10)8-15/h9-11,13,15H,2-8H2,1H3/t9-,10+,11+/m1/s1. The zero-order valence-corrected chi connectivity index (χ0v) is 9.98. The Labute approximate surface area is 97.0 Å². The van der Waals surface area contributed by atoms with Crippen molar-refractivity contribution >= 4 is 5.91 Å². The van der Waals surface area contributed by atoms with E-state index < -0.39 is 0 Å². The van der Waals surface area contributed by atoms with Crippen LogP contribution in [0.25, 0.3) is 0 Å². The molecule has 16 heavy (non-hydrogen) atoms. The van der Waals surface area contributed by atoms with E-state index in [9.17, 15) is 9.90 Å². The average molecular weight is 226 g/mol. The van der Waals surface area contributed by atoms with Gasteiger partial charge in [0.15, 0.2) is 0 Å². The van der Waals surface area contributed by atoms with Gasteiger partial charge in [0, 0.05) is 26.2 Å². The molecular weight excluding hydrogens is 204 g/mol. The van der Waals surface area contributed by atoms with Crippen LogP contribution < -0.4 is 5.32 Å². The number of nitrogens with one attached hydrogen (secondary N) is 1. The van der Waals surface area contributed by atoms with Crippen LogP contribution in [-0.4, -0.2) is 48.2 Å². The summed E-state index contributed by atoms with van der Waals surface area (Å²) in [6, 6.07) is 0.321. The van der Waals surface area contributed by atoms with Gasteiger partial charge in [-0.15, -0.1) is 0 Å². The number of hydrogen-bond acceptors (Lipinski definition) is 3. The maximum absolute atomic E-state index is 11.8. The minimum atomic E-state index is -0.0119. The highest BCUT2D eigenvalue weighted by atomic mass is 16.3. The first-order chi connectivity index (χ1) is 7.72. The number of likely N-dealkylation sites (tertiary alicyclic amines) is 1. The minimum absolute atomic E-state index is 0.0119. The molecule has 0 aromatic rings. The molecule has 0 bridgehead atoms. The molecule has 0 unspecified atom stereocenters. The lowest BCUT2D eigenvalue weighted by molar-refractivity contribution is -0.128. The van der Waals surface area contributed by atoms with E-state index in [-0.39, 0.29) is 18.6 Å². The number of hydrogen-bond donors (Lipinski definition) is 2. The maximum atomic E-state index is 11.8. The number of likely N-dealkylation sites (N-methyl/N-ethyl adjacent to an activating group) is 1. The van der Waals surface area contributed by atoms with Crippen molar-refractivity contribution in [2.24, 2.45) is 5.92 Å². The fourth-order valence-corrected chi connectivity index (χ4v) is 2.88. The quantitative estimate of drug-likeness (QED) is 0.730. The second-order valence-corrected chi connectivity index (χ2v) is 5.10. The largest absolute Gasteiger partial charge is 0.396 e. The fourth-order valence-electron chi connectivity index (χ4n) is 2.88. The van der Waals surface area contributed by atoms with Gasteiger partial charge in [-0.1, -0.05) is 12.8 Å². The van der Waals surface area contributed by atoms with E-state index in [1.807, 2.05) is 7.05 Å². The Morgan fingerprint density at radius 2 is 2.12 bits per heavy atom. The predicted molar refractivity (Wildman–Crippen MR) is 62.0 cm³/mol. The molecule has 1 aliphatic carbocycles. The zero-order valence-electron chi connectivity index (χ0n) is 9.98. The molecule has 1 saturated carbocycles. The van der Waals surface area contributed by atoms with Gasteiger partial charge in [0.2, 0.25) is 5.91 Å². The highest BCUT2D eigenvalue weighted by Crippen LogP contribution is 2.25. The van der Waals surface area contributed by atoms with E-state index in [1.54, 1.807) is 4.90 Å². The summed E-state index contributed by atoms with van der Waals surface area (Å²) in [5.74, 6) is 0.551. The Morgan fingerprint density at radius 3 is 2.75 bits per heavy atom. The van der Waals surface area contributed by atoms with Crippen LogP contribution in [0.1, 0.15) is 32.1 Å². The summed E-state index contributed by atoms with van der Waals surface area (Å²) >= 11 is 0. The highest BCUT2D eigenvalue weighted by Gasteiger charge is 2.33. The smallest absolute Gasteiger partial charge is 0.239 e. The fraction of sp³-hybridized carbons (Fsp3) is 0.917. The molecule has 2 aliphatic rings. The van der Waals surface area contributed by atoms with Gasteiger partial charge < -0.3 is 15.3 Å². The highest BCUT2D eigenvalue weighted by molar-refractivity contribution is 5.83. The van der Waals surface area contributed by atoms with E-state index in [4.69, 9.17) is 0 Å². The van der Waals surface area contributed by atoms with Crippen molar-refractivity contribution in [1.29, 1.82) is 0 Å². The number of nitrogens with zero attached hydrogens (tertiary/aromatic N) is 1.